The molecule has 0 radical (unpaired) electrons. The van der Waals surface area contributed by atoms with Crippen molar-refractivity contribution < 1.29 is 19.2 Å². The molecule has 0 spiro atoms. The van der Waals surface area contributed by atoms with Crippen LogP contribution >= 0.6 is 0 Å². The van der Waals surface area contributed by atoms with Crippen LogP contribution in [-0.2, 0) is 4.74 Å². The second kappa shape index (κ2) is 4.61. The van der Waals surface area contributed by atoms with E-state index in [1.54, 1.807) is 6.92 Å². The molecule has 0 heterocycles. The fourth-order valence-corrected chi connectivity index (χ4v) is 1.32. The van der Waals surface area contributed by atoms with Crippen molar-refractivity contribution in [1.82, 2.24) is 0 Å². The minimum atomic E-state index is -0.738. The van der Waals surface area contributed by atoms with Gasteiger partial charge in [-0.2, -0.15) is 0 Å². The van der Waals surface area contributed by atoms with Gasteiger partial charge < -0.3 is 9.47 Å². The number of ether oxygens (including phenoxy) is 2. The molecule has 0 aliphatic rings. The van der Waals surface area contributed by atoms with Crippen LogP contribution in [0.25, 0.3) is 0 Å². The molecule has 0 saturated heterocycles. The zero-order valence-corrected chi connectivity index (χ0v) is 9.14. The lowest BCUT2D eigenvalue weighted by Gasteiger charge is -2.07. The maximum atomic E-state index is 11.3. The van der Waals surface area contributed by atoms with E-state index in [9.17, 15) is 14.9 Å². The van der Waals surface area contributed by atoms with Gasteiger partial charge >= 0.3 is 5.97 Å². The van der Waals surface area contributed by atoms with E-state index in [1.165, 1.54) is 26.4 Å². The molecular weight excluding hydrogens is 214 g/mol. The Kier molecular flexibility index (Phi) is 3.44. The van der Waals surface area contributed by atoms with Crippen molar-refractivity contribution in [2.45, 2.75) is 6.92 Å². The first-order valence-electron chi connectivity index (χ1n) is 4.42. The molecule has 16 heavy (non-hydrogen) atoms. The van der Waals surface area contributed by atoms with Crippen LogP contribution in [-0.4, -0.2) is 25.1 Å². The average molecular weight is 225 g/mol. The van der Waals surface area contributed by atoms with Crippen molar-refractivity contribution in [3.63, 3.8) is 0 Å². The standard InChI is InChI=1S/C10H11NO5/c1-6-4-7(10(12)16-3)8(11(13)14)5-9(6)15-2/h4-5H,1-3H3. The number of carbonyl (C=O) groups is 1. The number of nitro benzene ring substituents is 1. The Morgan fingerprint density at radius 1 is 1.38 bits per heavy atom. The van der Waals surface area contributed by atoms with E-state index in [1.807, 2.05) is 0 Å². The third-order valence-electron chi connectivity index (χ3n) is 2.12. The van der Waals surface area contributed by atoms with Gasteiger partial charge in [-0.15, -0.1) is 0 Å². The molecule has 0 saturated carbocycles. The molecule has 6 heteroatoms. The highest BCUT2D eigenvalue weighted by atomic mass is 16.6. The molecule has 0 atom stereocenters. The zero-order valence-electron chi connectivity index (χ0n) is 9.14. The summed E-state index contributed by atoms with van der Waals surface area (Å²) in [6.45, 7) is 1.69. The fourth-order valence-electron chi connectivity index (χ4n) is 1.32. The molecule has 0 unspecified atom stereocenters. The van der Waals surface area contributed by atoms with Gasteiger partial charge in [-0.05, 0) is 18.6 Å². The molecule has 86 valence electrons. The van der Waals surface area contributed by atoms with Gasteiger partial charge in [0.15, 0.2) is 0 Å². The zero-order chi connectivity index (χ0) is 12.3. The van der Waals surface area contributed by atoms with E-state index >= 15 is 0 Å². The van der Waals surface area contributed by atoms with Crippen LogP contribution < -0.4 is 4.74 Å². The summed E-state index contributed by atoms with van der Waals surface area (Å²) in [7, 11) is 2.58. The maximum absolute atomic E-state index is 11.3. The molecule has 0 N–H and O–H groups in total. The Labute approximate surface area is 91.9 Å². The summed E-state index contributed by atoms with van der Waals surface area (Å²) in [6.07, 6.45) is 0. The van der Waals surface area contributed by atoms with Crippen molar-refractivity contribution in [2.24, 2.45) is 0 Å². The van der Waals surface area contributed by atoms with Crippen molar-refractivity contribution in [1.29, 1.82) is 0 Å². The second-order valence-electron chi connectivity index (χ2n) is 3.09. The highest BCUT2D eigenvalue weighted by Crippen LogP contribution is 2.28. The topological polar surface area (TPSA) is 78.7 Å². The maximum Gasteiger partial charge on any atom is 0.344 e. The molecule has 0 aromatic heterocycles. The van der Waals surface area contributed by atoms with Gasteiger partial charge in [-0.3, -0.25) is 10.1 Å². The predicted molar refractivity (Wildman–Crippen MR) is 55.7 cm³/mol. The molecule has 0 amide bonds. The third-order valence-corrected chi connectivity index (χ3v) is 2.12. The van der Waals surface area contributed by atoms with Crippen LogP contribution in [0, 0.1) is 17.0 Å². The SMILES string of the molecule is COC(=O)c1cc(C)c(OC)cc1[N+](=O)[O-]. The first-order chi connectivity index (χ1) is 7.51. The third kappa shape index (κ3) is 2.10. The molecular formula is C10H11NO5. The summed E-state index contributed by atoms with van der Waals surface area (Å²) < 4.78 is 9.42. The number of nitrogens with zero attached hydrogens (tertiary/aromatic N) is 1. The second-order valence-corrected chi connectivity index (χ2v) is 3.09. The number of rotatable bonds is 3. The molecule has 0 aliphatic heterocycles. The highest BCUT2D eigenvalue weighted by Gasteiger charge is 2.23. The highest BCUT2D eigenvalue weighted by molar-refractivity contribution is 5.94. The summed E-state index contributed by atoms with van der Waals surface area (Å²) in [5.41, 5.74) is 0.230. The first-order valence-corrected chi connectivity index (χ1v) is 4.42. The van der Waals surface area contributed by atoms with Crippen LogP contribution in [0.1, 0.15) is 15.9 Å². The Morgan fingerprint density at radius 3 is 2.44 bits per heavy atom. The van der Waals surface area contributed by atoms with Crippen molar-refractivity contribution in [3.8, 4) is 5.75 Å². The van der Waals surface area contributed by atoms with Crippen molar-refractivity contribution in [2.75, 3.05) is 14.2 Å². The van der Waals surface area contributed by atoms with E-state index in [0.29, 0.717) is 11.3 Å². The molecule has 1 rings (SSSR count). The van der Waals surface area contributed by atoms with Gasteiger partial charge in [0.2, 0.25) is 0 Å². The van der Waals surface area contributed by atoms with Crippen LogP contribution in [0.3, 0.4) is 0 Å². The molecule has 0 bridgehead atoms. The Balaban J connectivity index is 3.42. The number of esters is 1. The molecule has 1 aromatic carbocycles. The van der Waals surface area contributed by atoms with E-state index in [-0.39, 0.29) is 11.3 Å². The Hall–Kier alpha value is -2.11. The minimum Gasteiger partial charge on any atom is -0.496 e. The van der Waals surface area contributed by atoms with Crippen LogP contribution in [0.15, 0.2) is 12.1 Å². The number of benzene rings is 1. The average Bonchev–Trinajstić information content (AvgIpc) is 2.27. The van der Waals surface area contributed by atoms with Crippen LogP contribution in [0.2, 0.25) is 0 Å². The van der Waals surface area contributed by atoms with Crippen molar-refractivity contribution in [3.05, 3.63) is 33.4 Å². The summed E-state index contributed by atoms with van der Waals surface area (Å²) in [5.74, 6) is -0.378. The van der Waals surface area contributed by atoms with Gasteiger partial charge in [-0.1, -0.05) is 0 Å². The van der Waals surface area contributed by atoms with E-state index < -0.39 is 10.9 Å². The molecule has 1 aromatic rings. The number of carbonyl (C=O) groups excluding carboxylic acids is 1. The number of methoxy groups -OCH3 is 2. The predicted octanol–water partition coefficient (Wildman–Crippen LogP) is 1.70. The lowest BCUT2D eigenvalue weighted by molar-refractivity contribution is -0.385. The largest absolute Gasteiger partial charge is 0.496 e. The monoisotopic (exact) mass is 225 g/mol. The van der Waals surface area contributed by atoms with Gasteiger partial charge in [0.1, 0.15) is 11.3 Å². The normalized spacial score (nSPS) is 9.69. The minimum absolute atomic E-state index is 0.0780. The number of hydrogen-bond donors (Lipinski definition) is 0. The summed E-state index contributed by atoms with van der Waals surface area (Å²) >= 11 is 0. The Morgan fingerprint density at radius 2 is 2.00 bits per heavy atom. The molecule has 0 aliphatic carbocycles. The quantitative estimate of drug-likeness (QED) is 0.444. The van der Waals surface area contributed by atoms with E-state index in [2.05, 4.69) is 4.74 Å². The lowest BCUT2D eigenvalue weighted by atomic mass is 10.1. The summed E-state index contributed by atoms with van der Waals surface area (Å²) in [6, 6.07) is 2.59. The molecule has 6 nitrogen and oxygen atoms in total. The number of aryl methyl sites for hydroxylation is 1. The number of hydrogen-bond acceptors (Lipinski definition) is 5. The number of nitro groups is 1. The fraction of sp³-hybridized carbons (Fsp3) is 0.300. The van der Waals surface area contributed by atoms with Crippen LogP contribution in [0.4, 0.5) is 5.69 Å². The van der Waals surface area contributed by atoms with Crippen LogP contribution in [0.5, 0.6) is 5.75 Å². The van der Waals surface area contributed by atoms with Gasteiger partial charge in [-0.25, -0.2) is 4.79 Å². The smallest absolute Gasteiger partial charge is 0.344 e. The summed E-state index contributed by atoms with van der Waals surface area (Å²) in [4.78, 5) is 21.4. The van der Waals surface area contributed by atoms with E-state index in [4.69, 9.17) is 4.74 Å². The summed E-state index contributed by atoms with van der Waals surface area (Å²) in [5, 5.41) is 10.8. The van der Waals surface area contributed by atoms with Gasteiger partial charge in [0, 0.05) is 0 Å². The molecule has 0 fully saturated rings. The lowest BCUT2D eigenvalue weighted by Crippen LogP contribution is -2.06. The van der Waals surface area contributed by atoms with E-state index in [0.717, 1.165) is 0 Å². The van der Waals surface area contributed by atoms with Gasteiger partial charge in [0.25, 0.3) is 5.69 Å². The van der Waals surface area contributed by atoms with Crippen molar-refractivity contribution >= 4 is 11.7 Å². The first kappa shape index (κ1) is 12.0. The Bertz CT molecular complexity index is 441. The van der Waals surface area contributed by atoms with Gasteiger partial charge in [0.05, 0.1) is 25.2 Å².